The molecule has 8 heteroatoms. The van der Waals surface area contributed by atoms with Crippen molar-refractivity contribution in [2.45, 2.75) is 25.8 Å². The van der Waals surface area contributed by atoms with E-state index in [1.807, 2.05) is 6.07 Å². The van der Waals surface area contributed by atoms with Crippen LogP contribution in [-0.4, -0.2) is 24.5 Å². The SMILES string of the molecule is O=C(COC(=O)c1cc2c(s1)CCC2)NC(=O)NCc1ccco1. The Morgan fingerprint density at radius 2 is 2.17 bits per heavy atom. The van der Waals surface area contributed by atoms with Gasteiger partial charge in [0.1, 0.15) is 10.6 Å². The molecule has 0 aromatic carbocycles. The molecule has 0 spiro atoms. The Hall–Kier alpha value is -2.61. The van der Waals surface area contributed by atoms with Gasteiger partial charge in [-0.1, -0.05) is 0 Å². The molecule has 0 bridgehead atoms. The molecular weight excluding hydrogens is 332 g/mol. The van der Waals surface area contributed by atoms with Gasteiger partial charge in [-0.25, -0.2) is 9.59 Å². The van der Waals surface area contributed by atoms with Crippen molar-refractivity contribution in [2.24, 2.45) is 0 Å². The normalized spacial score (nSPS) is 12.5. The van der Waals surface area contributed by atoms with E-state index in [-0.39, 0.29) is 6.54 Å². The van der Waals surface area contributed by atoms with E-state index >= 15 is 0 Å². The number of fused-ring (bicyclic) bond motifs is 1. The second-order valence-electron chi connectivity index (χ2n) is 5.30. The minimum atomic E-state index is -0.690. The Morgan fingerprint density at radius 3 is 2.92 bits per heavy atom. The van der Waals surface area contributed by atoms with Crippen molar-refractivity contribution in [2.75, 3.05) is 6.61 Å². The summed E-state index contributed by atoms with van der Waals surface area (Å²) in [6, 6.07) is 4.54. The van der Waals surface area contributed by atoms with Crippen LogP contribution in [0.25, 0.3) is 0 Å². The minimum Gasteiger partial charge on any atom is -0.467 e. The van der Waals surface area contributed by atoms with Crippen molar-refractivity contribution < 1.29 is 23.5 Å². The maximum absolute atomic E-state index is 11.9. The minimum absolute atomic E-state index is 0.159. The molecule has 0 saturated heterocycles. The molecule has 0 radical (unpaired) electrons. The molecule has 24 heavy (non-hydrogen) atoms. The number of amides is 3. The van der Waals surface area contributed by atoms with Crippen molar-refractivity contribution >= 4 is 29.2 Å². The number of carbonyl (C=O) groups excluding carboxylic acids is 3. The lowest BCUT2D eigenvalue weighted by atomic mass is 10.2. The summed E-state index contributed by atoms with van der Waals surface area (Å²) in [5.41, 5.74) is 1.19. The third-order valence-electron chi connectivity index (χ3n) is 3.54. The lowest BCUT2D eigenvalue weighted by molar-refractivity contribution is -0.123. The Morgan fingerprint density at radius 1 is 1.29 bits per heavy atom. The monoisotopic (exact) mass is 348 g/mol. The molecule has 1 aliphatic carbocycles. The maximum atomic E-state index is 11.9. The van der Waals surface area contributed by atoms with Crippen LogP contribution >= 0.6 is 11.3 Å². The molecular formula is C16H16N2O5S. The standard InChI is InChI=1S/C16H16N2O5S/c19-14(18-16(21)17-8-11-4-2-6-22-11)9-23-15(20)13-7-10-3-1-5-12(10)24-13/h2,4,6-7H,1,3,5,8-9H2,(H2,17,18,19,21). The zero-order valence-electron chi connectivity index (χ0n) is 12.8. The fourth-order valence-electron chi connectivity index (χ4n) is 2.42. The van der Waals surface area contributed by atoms with Crippen molar-refractivity contribution in [3.63, 3.8) is 0 Å². The van der Waals surface area contributed by atoms with E-state index in [2.05, 4.69) is 10.6 Å². The summed E-state index contributed by atoms with van der Waals surface area (Å²) < 4.78 is 9.99. The Bertz CT molecular complexity index is 729. The Balaban J connectivity index is 1.39. The van der Waals surface area contributed by atoms with Gasteiger partial charge in [0.2, 0.25) is 0 Å². The molecule has 2 aromatic rings. The molecule has 126 valence electrons. The maximum Gasteiger partial charge on any atom is 0.348 e. The highest BCUT2D eigenvalue weighted by atomic mass is 32.1. The van der Waals surface area contributed by atoms with E-state index in [9.17, 15) is 14.4 Å². The predicted octanol–water partition coefficient (Wildman–Crippen LogP) is 2.01. The summed E-state index contributed by atoms with van der Waals surface area (Å²) >= 11 is 1.41. The number of aryl methyl sites for hydroxylation is 2. The fraction of sp³-hybridized carbons (Fsp3) is 0.312. The first kappa shape index (κ1) is 16.3. The Kier molecular flexibility index (Phi) is 4.95. The van der Waals surface area contributed by atoms with Gasteiger partial charge < -0.3 is 14.5 Å². The van der Waals surface area contributed by atoms with Crippen LogP contribution in [0.2, 0.25) is 0 Å². The number of imide groups is 1. The number of nitrogens with one attached hydrogen (secondary N) is 2. The number of ether oxygens (including phenoxy) is 1. The number of esters is 1. The summed E-state index contributed by atoms with van der Waals surface area (Å²) in [5, 5.41) is 4.54. The van der Waals surface area contributed by atoms with Gasteiger partial charge in [0.15, 0.2) is 6.61 Å². The fourth-order valence-corrected chi connectivity index (χ4v) is 3.57. The molecule has 2 aromatic heterocycles. The predicted molar refractivity (Wildman–Crippen MR) is 85.7 cm³/mol. The van der Waals surface area contributed by atoms with Gasteiger partial charge in [0.25, 0.3) is 5.91 Å². The van der Waals surface area contributed by atoms with Crippen LogP contribution < -0.4 is 10.6 Å². The lowest BCUT2D eigenvalue weighted by Gasteiger charge is -2.06. The summed E-state index contributed by atoms with van der Waals surface area (Å²) in [6.07, 6.45) is 4.57. The highest BCUT2D eigenvalue weighted by Gasteiger charge is 2.20. The smallest absolute Gasteiger partial charge is 0.348 e. The van der Waals surface area contributed by atoms with Crippen LogP contribution in [0.1, 0.15) is 32.3 Å². The first-order valence-corrected chi connectivity index (χ1v) is 8.32. The molecule has 0 aliphatic heterocycles. The van der Waals surface area contributed by atoms with Crippen molar-refractivity contribution in [1.29, 1.82) is 0 Å². The third-order valence-corrected chi connectivity index (χ3v) is 4.76. The molecule has 3 rings (SSSR count). The second kappa shape index (κ2) is 7.31. The van der Waals surface area contributed by atoms with Gasteiger partial charge in [-0.15, -0.1) is 11.3 Å². The van der Waals surface area contributed by atoms with E-state index in [4.69, 9.17) is 9.15 Å². The summed E-state index contributed by atoms with van der Waals surface area (Å²) in [7, 11) is 0. The number of hydrogen-bond donors (Lipinski definition) is 2. The van der Waals surface area contributed by atoms with E-state index in [0.29, 0.717) is 10.6 Å². The molecule has 0 unspecified atom stereocenters. The number of hydrogen-bond acceptors (Lipinski definition) is 6. The second-order valence-corrected chi connectivity index (χ2v) is 6.44. The summed E-state index contributed by atoms with van der Waals surface area (Å²) in [4.78, 5) is 36.8. The van der Waals surface area contributed by atoms with Gasteiger partial charge >= 0.3 is 12.0 Å². The topological polar surface area (TPSA) is 97.6 Å². The number of urea groups is 1. The van der Waals surface area contributed by atoms with E-state index in [1.54, 1.807) is 12.1 Å². The van der Waals surface area contributed by atoms with E-state index in [0.717, 1.165) is 19.3 Å². The molecule has 2 heterocycles. The quantitative estimate of drug-likeness (QED) is 0.806. The molecule has 2 N–H and O–H groups in total. The first-order valence-electron chi connectivity index (χ1n) is 7.50. The summed E-state index contributed by atoms with van der Waals surface area (Å²) in [6.45, 7) is -0.345. The number of carbonyl (C=O) groups is 3. The number of thiophene rings is 1. The highest BCUT2D eigenvalue weighted by molar-refractivity contribution is 7.14. The first-order chi connectivity index (χ1) is 11.6. The zero-order valence-corrected chi connectivity index (χ0v) is 13.6. The van der Waals surface area contributed by atoms with Crippen LogP contribution in [-0.2, 0) is 28.9 Å². The van der Waals surface area contributed by atoms with Crippen LogP contribution in [0.3, 0.4) is 0 Å². The van der Waals surface area contributed by atoms with E-state index < -0.39 is 24.5 Å². The van der Waals surface area contributed by atoms with Crippen LogP contribution in [0.4, 0.5) is 4.79 Å². The number of furan rings is 1. The van der Waals surface area contributed by atoms with Crippen LogP contribution in [0, 0.1) is 0 Å². The average Bonchev–Trinajstić information content (AvgIpc) is 3.26. The van der Waals surface area contributed by atoms with Gasteiger partial charge in [-0.3, -0.25) is 10.1 Å². The van der Waals surface area contributed by atoms with Gasteiger partial charge in [-0.2, -0.15) is 0 Å². The largest absolute Gasteiger partial charge is 0.467 e. The van der Waals surface area contributed by atoms with E-state index in [1.165, 1.54) is 28.0 Å². The molecule has 0 fully saturated rings. The highest BCUT2D eigenvalue weighted by Crippen LogP contribution is 2.30. The van der Waals surface area contributed by atoms with Gasteiger partial charge in [-0.05, 0) is 43.0 Å². The number of rotatable bonds is 5. The average molecular weight is 348 g/mol. The van der Waals surface area contributed by atoms with Crippen LogP contribution in [0.5, 0.6) is 0 Å². The molecule has 7 nitrogen and oxygen atoms in total. The van der Waals surface area contributed by atoms with Crippen molar-refractivity contribution in [3.05, 3.63) is 45.5 Å². The van der Waals surface area contributed by atoms with Gasteiger partial charge in [0.05, 0.1) is 12.8 Å². The van der Waals surface area contributed by atoms with Crippen LogP contribution in [0.15, 0.2) is 28.9 Å². The molecule has 1 aliphatic rings. The molecule has 0 atom stereocenters. The van der Waals surface area contributed by atoms with Gasteiger partial charge in [0, 0.05) is 4.88 Å². The van der Waals surface area contributed by atoms with Crippen molar-refractivity contribution in [1.82, 2.24) is 10.6 Å². The lowest BCUT2D eigenvalue weighted by Crippen LogP contribution is -2.41. The third kappa shape index (κ3) is 4.02. The van der Waals surface area contributed by atoms with Crippen molar-refractivity contribution in [3.8, 4) is 0 Å². The molecule has 0 saturated carbocycles. The Labute approximate surface area is 142 Å². The summed E-state index contributed by atoms with van der Waals surface area (Å²) in [5.74, 6) is -0.667. The zero-order chi connectivity index (χ0) is 16.9. The molecule has 3 amide bonds.